The van der Waals surface area contributed by atoms with Gasteiger partial charge in [-0.05, 0) is 100 Å². The van der Waals surface area contributed by atoms with Gasteiger partial charge >= 0.3 is 5.97 Å². The molecule has 3 aliphatic heterocycles. The monoisotopic (exact) mass is 612 g/mol. The Labute approximate surface area is 268 Å². The summed E-state index contributed by atoms with van der Waals surface area (Å²) in [6.07, 6.45) is 16.2. The Morgan fingerprint density at radius 1 is 1.16 bits per heavy atom. The summed E-state index contributed by atoms with van der Waals surface area (Å²) in [5.41, 5.74) is 4.23. The lowest BCUT2D eigenvalue weighted by Gasteiger charge is -2.42. The number of esters is 1. The molecule has 240 valence electrons. The number of terminal acetylenes is 1. The fraction of sp³-hybridized carbons (Fsp3) is 0.703. The topological polar surface area (TPSA) is 42.0 Å². The van der Waals surface area contributed by atoms with Crippen molar-refractivity contribution in [1.82, 2.24) is 9.80 Å². The summed E-state index contributed by atoms with van der Waals surface area (Å²) in [6, 6.07) is 4.96. The molecule has 4 atom stereocenters. The van der Waals surface area contributed by atoms with E-state index in [-0.39, 0.29) is 24.3 Å². The first-order valence-corrected chi connectivity index (χ1v) is 16.8. The van der Waals surface area contributed by atoms with Crippen LogP contribution in [-0.2, 0) is 4.79 Å². The van der Waals surface area contributed by atoms with Crippen LogP contribution in [0.5, 0.6) is 11.5 Å². The Morgan fingerprint density at radius 2 is 1.93 bits per heavy atom. The van der Waals surface area contributed by atoms with Crippen LogP contribution in [0.15, 0.2) is 17.7 Å². The van der Waals surface area contributed by atoms with Crippen LogP contribution in [0.1, 0.15) is 123 Å². The minimum absolute atomic E-state index is 0. The number of rotatable bonds is 12. The zero-order valence-electron chi connectivity index (χ0n) is 28.0. The molecule has 5 nitrogen and oxygen atoms in total. The van der Waals surface area contributed by atoms with Crippen molar-refractivity contribution in [3.8, 4) is 23.8 Å². The van der Waals surface area contributed by atoms with E-state index in [1.807, 2.05) is 6.92 Å². The Bertz CT molecular complexity index is 1170. The van der Waals surface area contributed by atoms with E-state index in [1.54, 1.807) is 0 Å². The van der Waals surface area contributed by atoms with Crippen molar-refractivity contribution in [3.05, 3.63) is 28.8 Å². The van der Waals surface area contributed by atoms with E-state index in [9.17, 15) is 4.79 Å². The molecular weight excluding hydrogens is 556 g/mol. The maximum Gasteiger partial charge on any atom is 0.314 e. The fourth-order valence-corrected chi connectivity index (χ4v) is 7.12. The molecule has 4 unspecified atom stereocenters. The Balaban J connectivity index is 0.00000506. The number of benzene rings is 1. The van der Waals surface area contributed by atoms with Crippen LogP contribution < -0.4 is 9.47 Å². The smallest absolute Gasteiger partial charge is 0.314 e. The second kappa shape index (κ2) is 15.8. The van der Waals surface area contributed by atoms with Crippen molar-refractivity contribution in [1.29, 1.82) is 0 Å². The molecule has 1 fully saturated rings. The summed E-state index contributed by atoms with van der Waals surface area (Å²) in [4.78, 5) is 18.5. The fourth-order valence-electron chi connectivity index (χ4n) is 7.12. The van der Waals surface area contributed by atoms with Gasteiger partial charge in [0.1, 0.15) is 17.1 Å². The Kier molecular flexibility index (Phi) is 13.1. The first kappa shape index (κ1) is 35.5. The standard InChI is InChI=1S/C37H56N2O3.ClH/c1-9-11-12-15-26(3)29(6)30-23-33(41-36(40)27(4)17-22-39-20-14-13-16-28(39)5)35-31-25-38(19-10-2)21-18-32(31)37(7,8)42-34(35)24-30;/h2,23-24,26-29H,9,11-22,25H2,1,3-8H3;1H. The van der Waals surface area contributed by atoms with Gasteiger partial charge in [0.05, 0.1) is 18.0 Å². The van der Waals surface area contributed by atoms with Gasteiger partial charge in [0.25, 0.3) is 0 Å². The number of hydrogen-bond donors (Lipinski definition) is 0. The molecule has 43 heavy (non-hydrogen) atoms. The maximum atomic E-state index is 13.7. The molecule has 3 heterocycles. The lowest BCUT2D eigenvalue weighted by atomic mass is 9.79. The zero-order valence-corrected chi connectivity index (χ0v) is 28.8. The average molecular weight is 613 g/mol. The van der Waals surface area contributed by atoms with Crippen molar-refractivity contribution in [2.75, 3.05) is 32.7 Å². The van der Waals surface area contributed by atoms with Gasteiger partial charge in [-0.25, -0.2) is 0 Å². The Hall–Kier alpha value is -2.00. The van der Waals surface area contributed by atoms with Gasteiger partial charge in [0.15, 0.2) is 0 Å². The molecular formula is C37H57ClN2O3. The zero-order chi connectivity index (χ0) is 30.4. The molecule has 1 aromatic rings. The maximum absolute atomic E-state index is 13.7. The average Bonchev–Trinajstić information content (AvgIpc) is 2.95. The summed E-state index contributed by atoms with van der Waals surface area (Å²) >= 11 is 0. The molecule has 6 heteroatoms. The van der Waals surface area contributed by atoms with E-state index in [0.29, 0.717) is 30.2 Å². The van der Waals surface area contributed by atoms with Crippen molar-refractivity contribution in [3.63, 3.8) is 0 Å². The number of hydrogen-bond acceptors (Lipinski definition) is 5. The van der Waals surface area contributed by atoms with Crippen LogP contribution in [0.2, 0.25) is 0 Å². The number of piperidine rings is 1. The van der Waals surface area contributed by atoms with Crippen LogP contribution in [-0.4, -0.2) is 60.1 Å². The molecule has 4 rings (SSSR count). The predicted octanol–water partition coefficient (Wildman–Crippen LogP) is 8.50. The molecule has 0 N–H and O–H groups in total. The van der Waals surface area contributed by atoms with E-state index in [1.165, 1.54) is 61.7 Å². The van der Waals surface area contributed by atoms with Crippen molar-refractivity contribution >= 4 is 23.9 Å². The van der Waals surface area contributed by atoms with Gasteiger partial charge < -0.3 is 14.4 Å². The van der Waals surface area contributed by atoms with E-state index >= 15 is 0 Å². The summed E-state index contributed by atoms with van der Waals surface area (Å²) in [5, 5.41) is 0. The summed E-state index contributed by atoms with van der Waals surface area (Å²) in [5.74, 6) is 4.84. The molecule has 1 aromatic carbocycles. The van der Waals surface area contributed by atoms with Gasteiger partial charge in [-0.3, -0.25) is 9.69 Å². The highest BCUT2D eigenvalue weighted by atomic mass is 35.5. The highest BCUT2D eigenvalue weighted by Gasteiger charge is 2.40. The van der Waals surface area contributed by atoms with Crippen LogP contribution in [0.3, 0.4) is 0 Å². The van der Waals surface area contributed by atoms with Crippen molar-refractivity contribution in [2.24, 2.45) is 11.8 Å². The molecule has 3 aliphatic rings. The molecule has 0 aromatic heterocycles. The van der Waals surface area contributed by atoms with Gasteiger partial charge in [0.2, 0.25) is 0 Å². The number of nitrogens with zero attached hydrogens (tertiary/aromatic N) is 2. The van der Waals surface area contributed by atoms with Crippen LogP contribution in [0, 0.1) is 24.2 Å². The number of ether oxygens (including phenoxy) is 2. The first-order chi connectivity index (χ1) is 20.1. The van der Waals surface area contributed by atoms with Crippen LogP contribution >= 0.6 is 12.4 Å². The second-order valence-electron chi connectivity index (χ2n) is 13.9. The summed E-state index contributed by atoms with van der Waals surface area (Å²) in [7, 11) is 0. The molecule has 0 aliphatic carbocycles. The van der Waals surface area contributed by atoms with Gasteiger partial charge in [-0.15, -0.1) is 18.8 Å². The number of halogens is 1. The molecule has 0 saturated carbocycles. The highest BCUT2D eigenvalue weighted by molar-refractivity contribution is 5.86. The Morgan fingerprint density at radius 3 is 2.63 bits per heavy atom. The van der Waals surface area contributed by atoms with Gasteiger partial charge in [-0.1, -0.05) is 65.7 Å². The van der Waals surface area contributed by atoms with Crippen molar-refractivity contribution in [2.45, 2.75) is 124 Å². The van der Waals surface area contributed by atoms with Gasteiger partial charge in [-0.2, -0.15) is 0 Å². The summed E-state index contributed by atoms with van der Waals surface area (Å²) < 4.78 is 13.2. The minimum Gasteiger partial charge on any atom is -0.483 e. The lowest BCUT2D eigenvalue weighted by molar-refractivity contribution is -0.138. The second-order valence-corrected chi connectivity index (χ2v) is 13.9. The van der Waals surface area contributed by atoms with Crippen molar-refractivity contribution < 1.29 is 14.3 Å². The first-order valence-electron chi connectivity index (χ1n) is 16.8. The normalized spacial score (nSPS) is 22.2. The predicted molar refractivity (Wildman–Crippen MR) is 181 cm³/mol. The highest BCUT2D eigenvalue weighted by Crippen LogP contribution is 2.50. The summed E-state index contributed by atoms with van der Waals surface area (Å²) in [6.45, 7) is 19.9. The number of carbonyl (C=O) groups is 1. The van der Waals surface area contributed by atoms with E-state index in [4.69, 9.17) is 15.9 Å². The third kappa shape index (κ3) is 8.59. The SMILES string of the molecule is C#CCN1CCC2=C(C1)c1c(OC(=O)C(C)CCN3CCCCC3C)cc(C(C)C(C)CCCCC)cc1OC2(C)C.Cl. The number of unbranched alkanes of at least 4 members (excludes halogenated alkanes) is 2. The number of likely N-dealkylation sites (tertiary alicyclic amines) is 1. The van der Waals surface area contributed by atoms with E-state index in [2.05, 4.69) is 69.4 Å². The van der Waals surface area contributed by atoms with Crippen LogP contribution in [0.4, 0.5) is 0 Å². The third-order valence-corrected chi connectivity index (χ3v) is 10.3. The largest absolute Gasteiger partial charge is 0.483 e. The molecule has 0 spiro atoms. The van der Waals surface area contributed by atoms with Gasteiger partial charge in [0, 0.05) is 19.1 Å². The quantitative estimate of drug-likeness (QED) is 0.102. The third-order valence-electron chi connectivity index (χ3n) is 10.3. The lowest BCUT2D eigenvalue weighted by Crippen LogP contribution is -2.42. The molecule has 0 radical (unpaired) electrons. The molecule has 1 saturated heterocycles. The number of fused-ring (bicyclic) bond motifs is 2. The van der Waals surface area contributed by atoms with E-state index in [0.717, 1.165) is 50.3 Å². The van der Waals surface area contributed by atoms with Crippen LogP contribution in [0.25, 0.3) is 5.57 Å². The minimum atomic E-state index is -0.418. The molecule has 0 bridgehead atoms. The number of carbonyl (C=O) groups excluding carboxylic acids is 1. The molecule has 0 amide bonds. The van der Waals surface area contributed by atoms with E-state index < -0.39 is 5.60 Å².